The highest BCUT2D eigenvalue weighted by Crippen LogP contribution is 2.31. The quantitative estimate of drug-likeness (QED) is 0.431. The van der Waals surface area contributed by atoms with Crippen molar-refractivity contribution in [3.8, 4) is 0 Å². The van der Waals surface area contributed by atoms with Gasteiger partial charge in [0.1, 0.15) is 11.6 Å². The SMILES string of the molecule is Nc1cc(N)nc(Sc2ccc([N+](=O)[O-])cc2C(=O)O)n1. The highest BCUT2D eigenvalue weighted by atomic mass is 32.2. The maximum Gasteiger partial charge on any atom is 0.337 e. The third kappa shape index (κ3) is 3.36. The Labute approximate surface area is 122 Å². The topological polar surface area (TPSA) is 158 Å². The van der Waals surface area contributed by atoms with Gasteiger partial charge in [-0.3, -0.25) is 10.1 Å². The van der Waals surface area contributed by atoms with Crippen molar-refractivity contribution in [3.63, 3.8) is 0 Å². The Hall–Kier alpha value is -2.88. The molecule has 108 valence electrons. The number of benzene rings is 1. The van der Waals surface area contributed by atoms with E-state index < -0.39 is 10.9 Å². The summed E-state index contributed by atoms with van der Waals surface area (Å²) >= 11 is 0.906. The molecule has 9 nitrogen and oxygen atoms in total. The van der Waals surface area contributed by atoms with Gasteiger partial charge < -0.3 is 16.6 Å². The zero-order chi connectivity index (χ0) is 15.6. The van der Waals surface area contributed by atoms with Crippen molar-refractivity contribution < 1.29 is 14.8 Å². The molecule has 0 amide bonds. The number of nitrogen functional groups attached to an aromatic ring is 2. The zero-order valence-corrected chi connectivity index (χ0v) is 11.2. The summed E-state index contributed by atoms with van der Waals surface area (Å²) in [6.07, 6.45) is 0. The number of carboxylic acid groups (broad SMARTS) is 1. The van der Waals surface area contributed by atoms with E-state index in [1.54, 1.807) is 0 Å². The van der Waals surface area contributed by atoms with Crippen molar-refractivity contribution in [2.24, 2.45) is 0 Å². The van der Waals surface area contributed by atoms with Gasteiger partial charge >= 0.3 is 5.97 Å². The highest BCUT2D eigenvalue weighted by molar-refractivity contribution is 7.99. The van der Waals surface area contributed by atoms with Crippen molar-refractivity contribution in [1.29, 1.82) is 0 Å². The van der Waals surface area contributed by atoms with E-state index >= 15 is 0 Å². The molecule has 0 atom stereocenters. The predicted molar refractivity (Wildman–Crippen MR) is 75.0 cm³/mol. The van der Waals surface area contributed by atoms with E-state index in [1.165, 1.54) is 18.2 Å². The molecular weight excluding hydrogens is 298 g/mol. The fourth-order valence-corrected chi connectivity index (χ4v) is 2.38. The van der Waals surface area contributed by atoms with E-state index in [0.717, 1.165) is 17.8 Å². The number of carbonyl (C=O) groups is 1. The molecule has 0 bridgehead atoms. The van der Waals surface area contributed by atoms with E-state index in [9.17, 15) is 14.9 Å². The molecule has 0 aliphatic heterocycles. The van der Waals surface area contributed by atoms with Gasteiger partial charge in [0.2, 0.25) is 0 Å². The smallest absolute Gasteiger partial charge is 0.337 e. The second kappa shape index (κ2) is 5.63. The summed E-state index contributed by atoms with van der Waals surface area (Å²) in [7, 11) is 0. The van der Waals surface area contributed by atoms with Crippen molar-refractivity contribution in [2.45, 2.75) is 10.1 Å². The summed E-state index contributed by atoms with van der Waals surface area (Å²) < 4.78 is 0. The Morgan fingerprint density at radius 2 is 1.86 bits per heavy atom. The first-order valence-electron chi connectivity index (χ1n) is 5.46. The summed E-state index contributed by atoms with van der Waals surface area (Å²) in [6.45, 7) is 0. The fraction of sp³-hybridized carbons (Fsp3) is 0. The van der Waals surface area contributed by atoms with Crippen molar-refractivity contribution >= 4 is 35.1 Å². The largest absolute Gasteiger partial charge is 0.478 e. The van der Waals surface area contributed by atoms with Crippen LogP contribution < -0.4 is 11.5 Å². The Morgan fingerprint density at radius 3 is 2.38 bits per heavy atom. The summed E-state index contributed by atoms with van der Waals surface area (Å²) in [5, 5.41) is 20.0. The van der Waals surface area contributed by atoms with Gasteiger partial charge in [-0.25, -0.2) is 14.8 Å². The van der Waals surface area contributed by atoms with E-state index in [4.69, 9.17) is 16.6 Å². The molecule has 0 saturated carbocycles. The van der Waals surface area contributed by atoms with Crippen LogP contribution >= 0.6 is 11.8 Å². The number of nitro groups is 1. The molecule has 0 fully saturated rings. The van der Waals surface area contributed by atoms with Crippen LogP contribution in [-0.2, 0) is 0 Å². The number of nitro benzene ring substituents is 1. The van der Waals surface area contributed by atoms with Gasteiger partial charge in [-0.05, 0) is 17.8 Å². The molecular formula is C11H9N5O4S. The van der Waals surface area contributed by atoms with Crippen LogP contribution in [0.3, 0.4) is 0 Å². The number of hydrogen-bond donors (Lipinski definition) is 3. The number of nitrogens with two attached hydrogens (primary N) is 2. The van der Waals surface area contributed by atoms with Crippen LogP contribution in [0.15, 0.2) is 34.3 Å². The van der Waals surface area contributed by atoms with E-state index in [1.807, 2.05) is 0 Å². The van der Waals surface area contributed by atoms with Crippen LogP contribution in [0.4, 0.5) is 17.3 Å². The minimum atomic E-state index is -1.29. The average molecular weight is 307 g/mol. The number of carboxylic acids is 1. The first kappa shape index (κ1) is 14.5. The second-order valence-corrected chi connectivity index (χ2v) is 4.85. The third-order valence-corrected chi connectivity index (χ3v) is 3.29. The Bertz CT molecular complexity index is 716. The Balaban J connectivity index is 2.43. The summed E-state index contributed by atoms with van der Waals surface area (Å²) in [4.78, 5) is 29.3. The number of hydrogen-bond acceptors (Lipinski definition) is 8. The average Bonchev–Trinajstić information content (AvgIpc) is 2.37. The normalized spacial score (nSPS) is 10.3. The van der Waals surface area contributed by atoms with Gasteiger partial charge in [0.25, 0.3) is 5.69 Å². The fourth-order valence-electron chi connectivity index (χ4n) is 1.49. The maximum absolute atomic E-state index is 11.2. The molecule has 1 aromatic carbocycles. The molecule has 2 aromatic rings. The number of nitrogens with zero attached hydrogens (tertiary/aromatic N) is 3. The summed E-state index contributed by atoms with van der Waals surface area (Å²) in [5.41, 5.74) is 10.5. The van der Waals surface area contributed by atoms with Crippen LogP contribution in [0.2, 0.25) is 0 Å². The first-order valence-corrected chi connectivity index (χ1v) is 6.28. The van der Waals surface area contributed by atoms with Gasteiger partial charge in [0.05, 0.1) is 10.5 Å². The van der Waals surface area contributed by atoms with Crippen LogP contribution in [0.25, 0.3) is 0 Å². The van der Waals surface area contributed by atoms with Gasteiger partial charge in [-0.2, -0.15) is 0 Å². The first-order chi connectivity index (χ1) is 9.86. The second-order valence-electron chi connectivity index (χ2n) is 3.85. The lowest BCUT2D eigenvalue weighted by Gasteiger charge is -2.05. The highest BCUT2D eigenvalue weighted by Gasteiger charge is 2.17. The molecule has 21 heavy (non-hydrogen) atoms. The Morgan fingerprint density at radius 1 is 1.24 bits per heavy atom. The summed E-state index contributed by atoms with van der Waals surface area (Å²) in [5.74, 6) is -1.01. The minimum Gasteiger partial charge on any atom is -0.478 e. The molecule has 0 aliphatic rings. The monoisotopic (exact) mass is 307 g/mol. The standard InChI is InChI=1S/C11H9N5O4S/c12-8-4-9(13)15-11(14-8)21-7-2-1-5(16(19)20)3-6(7)10(17)18/h1-4H,(H,17,18)(H4,12,13,14,15). The van der Waals surface area contributed by atoms with Crippen molar-refractivity contribution in [3.05, 3.63) is 39.9 Å². The number of aromatic nitrogens is 2. The third-order valence-electron chi connectivity index (χ3n) is 2.35. The molecule has 10 heteroatoms. The molecule has 1 heterocycles. The van der Waals surface area contributed by atoms with Gasteiger partial charge in [0, 0.05) is 23.1 Å². The molecule has 2 rings (SSSR count). The molecule has 5 N–H and O–H groups in total. The van der Waals surface area contributed by atoms with E-state index in [-0.39, 0.29) is 32.9 Å². The van der Waals surface area contributed by atoms with Crippen molar-refractivity contribution in [1.82, 2.24) is 9.97 Å². The predicted octanol–water partition coefficient (Wildman–Crippen LogP) is 1.40. The van der Waals surface area contributed by atoms with Crippen LogP contribution in [0.1, 0.15) is 10.4 Å². The van der Waals surface area contributed by atoms with Crippen molar-refractivity contribution in [2.75, 3.05) is 11.5 Å². The minimum absolute atomic E-state index is 0.142. The summed E-state index contributed by atoms with van der Waals surface area (Å²) in [6, 6.07) is 4.84. The number of rotatable bonds is 4. The van der Waals surface area contributed by atoms with Gasteiger partial charge in [-0.1, -0.05) is 0 Å². The molecule has 0 unspecified atom stereocenters. The lowest BCUT2D eigenvalue weighted by Crippen LogP contribution is -2.02. The number of anilines is 2. The zero-order valence-electron chi connectivity index (χ0n) is 10.4. The molecule has 0 radical (unpaired) electrons. The van der Waals surface area contributed by atoms with Crippen LogP contribution in [0.5, 0.6) is 0 Å². The number of aromatic carboxylic acids is 1. The molecule has 0 saturated heterocycles. The van der Waals surface area contributed by atoms with Gasteiger partial charge in [-0.15, -0.1) is 0 Å². The number of non-ortho nitro benzene ring substituents is 1. The molecule has 0 spiro atoms. The van der Waals surface area contributed by atoms with E-state index in [2.05, 4.69) is 9.97 Å². The van der Waals surface area contributed by atoms with Gasteiger partial charge in [0.15, 0.2) is 5.16 Å². The van der Waals surface area contributed by atoms with Crippen LogP contribution in [0, 0.1) is 10.1 Å². The molecule has 0 aliphatic carbocycles. The lowest BCUT2D eigenvalue weighted by molar-refractivity contribution is -0.384. The maximum atomic E-state index is 11.2. The lowest BCUT2D eigenvalue weighted by atomic mass is 10.2. The van der Waals surface area contributed by atoms with E-state index in [0.29, 0.717) is 0 Å². The van der Waals surface area contributed by atoms with Crippen LogP contribution in [-0.4, -0.2) is 26.0 Å². The Kier molecular flexibility index (Phi) is 3.89. The molecule has 1 aromatic heterocycles.